The monoisotopic (exact) mass is 526 g/mol. The fourth-order valence-electron chi connectivity index (χ4n) is 2.87. The van der Waals surface area contributed by atoms with Crippen LogP contribution >= 0.6 is 15.9 Å². The number of nitrogens with zero attached hydrogens (tertiary/aromatic N) is 1. The second kappa shape index (κ2) is 10.3. The summed E-state index contributed by atoms with van der Waals surface area (Å²) < 4.78 is 36.1. The molecule has 3 rings (SSSR count). The Morgan fingerprint density at radius 2 is 1.76 bits per heavy atom. The highest BCUT2D eigenvalue weighted by Gasteiger charge is 2.22. The summed E-state index contributed by atoms with van der Waals surface area (Å²) in [6.07, 6.45) is 1.37. The molecule has 1 N–H and O–H groups in total. The highest BCUT2D eigenvalue weighted by Crippen LogP contribution is 2.39. The van der Waals surface area contributed by atoms with Gasteiger partial charge in [-0.05, 0) is 70.4 Å². The number of hydrogen-bond acceptors (Lipinski definition) is 6. The number of methoxy groups -OCH3 is 1. The van der Waals surface area contributed by atoms with E-state index in [0.717, 1.165) is 5.56 Å². The van der Waals surface area contributed by atoms with Crippen LogP contribution < -0.4 is 14.2 Å². The summed E-state index contributed by atoms with van der Waals surface area (Å²) in [4.78, 5) is 12.6. The maximum atomic E-state index is 12.6. The first kappa shape index (κ1) is 24.0. The van der Waals surface area contributed by atoms with Crippen molar-refractivity contribution >= 4 is 43.7 Å². The topological polar surface area (TPSA) is 105 Å². The minimum absolute atomic E-state index is 0.0115. The summed E-state index contributed by atoms with van der Waals surface area (Å²) in [6.45, 7) is 1.84. The first-order valence-electron chi connectivity index (χ1n) is 9.61. The zero-order chi connectivity index (χ0) is 24.0. The molecular weight excluding hydrogens is 508 g/mol. The lowest BCUT2D eigenvalue weighted by atomic mass is 10.1. The molecule has 0 spiro atoms. The molecule has 0 aromatic heterocycles. The molecule has 0 aliphatic rings. The summed E-state index contributed by atoms with van der Waals surface area (Å²) in [5.74, 6) is -0.526. The van der Waals surface area contributed by atoms with E-state index in [1.54, 1.807) is 30.3 Å². The Balaban J connectivity index is 1.92. The van der Waals surface area contributed by atoms with Crippen LogP contribution in [0.4, 0.5) is 5.69 Å². The smallest absolute Gasteiger partial charge is 0.339 e. The molecule has 0 radical (unpaired) electrons. The zero-order valence-corrected chi connectivity index (χ0v) is 20.1. The van der Waals surface area contributed by atoms with Gasteiger partial charge >= 0.3 is 10.1 Å². The van der Waals surface area contributed by atoms with Crippen molar-refractivity contribution in [3.63, 3.8) is 0 Å². The number of benzene rings is 3. The van der Waals surface area contributed by atoms with E-state index < -0.39 is 16.0 Å². The standard InChI is InChI=1S/C24H19BrN2O5S/c1-16-8-6-7-11-21(16)27-24(28)18(15-26)12-17-13-20(25)23(22(14-17)31-2)32-33(29,30)19-9-4-3-5-10-19/h3-14H,1-2H3,(H,27,28)/b18-12+. The molecule has 0 aliphatic heterocycles. The minimum Gasteiger partial charge on any atom is -0.493 e. The van der Waals surface area contributed by atoms with Crippen molar-refractivity contribution in [2.45, 2.75) is 11.8 Å². The number of carbonyl (C=O) groups is 1. The number of nitriles is 1. The van der Waals surface area contributed by atoms with Gasteiger partial charge in [-0.15, -0.1) is 0 Å². The van der Waals surface area contributed by atoms with E-state index in [-0.39, 0.29) is 26.4 Å². The average Bonchev–Trinajstić information content (AvgIpc) is 2.80. The van der Waals surface area contributed by atoms with Gasteiger partial charge in [-0.2, -0.15) is 13.7 Å². The second-order valence-electron chi connectivity index (χ2n) is 6.82. The Bertz CT molecular complexity index is 1360. The highest BCUT2D eigenvalue weighted by molar-refractivity contribution is 9.10. The number of rotatable bonds is 7. The molecule has 168 valence electrons. The quantitative estimate of drug-likeness (QED) is 0.261. The number of para-hydroxylation sites is 1. The highest BCUT2D eigenvalue weighted by atomic mass is 79.9. The van der Waals surface area contributed by atoms with Crippen LogP contribution in [0.3, 0.4) is 0 Å². The fourth-order valence-corrected chi connectivity index (χ4v) is 4.49. The number of carbonyl (C=O) groups excluding carboxylic acids is 1. The predicted octanol–water partition coefficient (Wildman–Crippen LogP) is 5.08. The summed E-state index contributed by atoms with van der Waals surface area (Å²) in [5, 5.41) is 12.2. The zero-order valence-electron chi connectivity index (χ0n) is 17.7. The Hall–Kier alpha value is -3.61. The van der Waals surface area contributed by atoms with Gasteiger partial charge in [0.1, 0.15) is 16.5 Å². The van der Waals surface area contributed by atoms with Crippen molar-refractivity contribution in [3.8, 4) is 17.6 Å². The van der Waals surface area contributed by atoms with E-state index in [4.69, 9.17) is 8.92 Å². The molecular formula is C24H19BrN2O5S. The van der Waals surface area contributed by atoms with Gasteiger partial charge in [0.15, 0.2) is 11.5 Å². The first-order chi connectivity index (χ1) is 15.7. The van der Waals surface area contributed by atoms with Crippen LogP contribution in [0.2, 0.25) is 0 Å². The molecule has 3 aromatic carbocycles. The summed E-state index contributed by atoms with van der Waals surface area (Å²) in [7, 11) is -2.75. The molecule has 0 bridgehead atoms. The van der Waals surface area contributed by atoms with Gasteiger partial charge in [0.25, 0.3) is 5.91 Å². The van der Waals surface area contributed by atoms with Crippen LogP contribution in [0.5, 0.6) is 11.5 Å². The van der Waals surface area contributed by atoms with E-state index >= 15 is 0 Å². The molecule has 3 aromatic rings. The molecule has 0 aliphatic carbocycles. The lowest BCUT2D eigenvalue weighted by molar-refractivity contribution is -0.112. The van der Waals surface area contributed by atoms with E-state index in [9.17, 15) is 18.5 Å². The van der Waals surface area contributed by atoms with Gasteiger partial charge in [-0.1, -0.05) is 36.4 Å². The first-order valence-corrected chi connectivity index (χ1v) is 11.8. The molecule has 9 heteroatoms. The van der Waals surface area contributed by atoms with Crippen LogP contribution in [0.25, 0.3) is 6.08 Å². The Morgan fingerprint density at radius 1 is 1.09 bits per heavy atom. The van der Waals surface area contributed by atoms with Gasteiger partial charge in [0, 0.05) is 5.69 Å². The van der Waals surface area contributed by atoms with E-state index in [1.165, 1.54) is 37.5 Å². The SMILES string of the molecule is COc1cc(/C=C(\C#N)C(=O)Nc2ccccc2C)cc(Br)c1OS(=O)(=O)c1ccccc1. The average molecular weight is 527 g/mol. The normalized spacial score (nSPS) is 11.4. The summed E-state index contributed by atoms with van der Waals surface area (Å²) in [6, 6.07) is 19.8. The van der Waals surface area contributed by atoms with Gasteiger partial charge < -0.3 is 14.2 Å². The molecule has 0 unspecified atom stereocenters. The second-order valence-corrected chi connectivity index (χ2v) is 9.22. The molecule has 33 heavy (non-hydrogen) atoms. The van der Waals surface area contributed by atoms with Crippen LogP contribution in [-0.2, 0) is 14.9 Å². The molecule has 7 nitrogen and oxygen atoms in total. The van der Waals surface area contributed by atoms with Crippen LogP contribution in [-0.4, -0.2) is 21.4 Å². The molecule has 0 saturated heterocycles. The number of aryl methyl sites for hydroxylation is 1. The van der Waals surface area contributed by atoms with Crippen molar-refractivity contribution in [3.05, 3.63) is 87.9 Å². The Kier molecular flexibility index (Phi) is 7.53. The fraction of sp³-hybridized carbons (Fsp3) is 0.0833. The predicted molar refractivity (Wildman–Crippen MR) is 128 cm³/mol. The van der Waals surface area contributed by atoms with E-state index in [1.807, 2.05) is 25.1 Å². The van der Waals surface area contributed by atoms with Crippen molar-refractivity contribution in [2.75, 3.05) is 12.4 Å². The summed E-state index contributed by atoms with van der Waals surface area (Å²) >= 11 is 3.29. The van der Waals surface area contributed by atoms with Gasteiger partial charge in [-0.25, -0.2) is 0 Å². The van der Waals surface area contributed by atoms with Gasteiger partial charge in [-0.3, -0.25) is 4.79 Å². The van der Waals surface area contributed by atoms with Crippen molar-refractivity contribution in [1.82, 2.24) is 0 Å². The lowest BCUT2D eigenvalue weighted by Gasteiger charge is -2.13. The number of ether oxygens (including phenoxy) is 1. The minimum atomic E-state index is -4.10. The molecule has 1 amide bonds. The Morgan fingerprint density at radius 3 is 2.39 bits per heavy atom. The van der Waals surface area contributed by atoms with Gasteiger partial charge in [0.05, 0.1) is 11.6 Å². The van der Waals surface area contributed by atoms with Crippen molar-refractivity contribution < 1.29 is 22.1 Å². The largest absolute Gasteiger partial charge is 0.493 e. The Labute approximate surface area is 200 Å². The number of amides is 1. The molecule has 0 saturated carbocycles. The molecule has 0 fully saturated rings. The lowest BCUT2D eigenvalue weighted by Crippen LogP contribution is -2.14. The maximum absolute atomic E-state index is 12.6. The third-order valence-corrected chi connectivity index (χ3v) is 6.37. The van der Waals surface area contributed by atoms with Crippen molar-refractivity contribution in [2.24, 2.45) is 0 Å². The third-order valence-electron chi connectivity index (χ3n) is 4.55. The van der Waals surface area contributed by atoms with Crippen LogP contribution in [0.15, 0.2) is 81.7 Å². The van der Waals surface area contributed by atoms with Crippen LogP contribution in [0.1, 0.15) is 11.1 Å². The van der Waals surface area contributed by atoms with Gasteiger partial charge in [0.2, 0.25) is 0 Å². The van der Waals surface area contributed by atoms with E-state index in [0.29, 0.717) is 11.3 Å². The number of hydrogen-bond donors (Lipinski definition) is 1. The van der Waals surface area contributed by atoms with Crippen molar-refractivity contribution in [1.29, 1.82) is 5.26 Å². The molecule has 0 atom stereocenters. The maximum Gasteiger partial charge on any atom is 0.339 e. The number of halogens is 1. The van der Waals surface area contributed by atoms with Crippen LogP contribution in [0, 0.1) is 18.3 Å². The third kappa shape index (κ3) is 5.80. The number of nitrogens with one attached hydrogen (secondary N) is 1. The van der Waals surface area contributed by atoms with E-state index in [2.05, 4.69) is 21.2 Å². The molecule has 0 heterocycles. The summed E-state index contributed by atoms with van der Waals surface area (Å²) in [5.41, 5.74) is 1.74. The number of anilines is 1.